The molecule has 1 heterocycles. The molecule has 22 heavy (non-hydrogen) atoms. The number of hydrogen-bond acceptors (Lipinski definition) is 2. The van der Waals surface area contributed by atoms with E-state index in [0.29, 0.717) is 6.73 Å². The van der Waals surface area contributed by atoms with Gasteiger partial charge < -0.3 is 9.30 Å². The van der Waals surface area contributed by atoms with E-state index in [9.17, 15) is 4.79 Å². The van der Waals surface area contributed by atoms with Crippen LogP contribution < -0.4 is 0 Å². The first-order chi connectivity index (χ1) is 10.2. The molecule has 0 aliphatic carbocycles. The third-order valence-corrected chi connectivity index (χ3v) is 6.20. The highest BCUT2D eigenvalue weighted by atomic mass is 79.9. The lowest BCUT2D eigenvalue weighted by atomic mass is 10.1. The first-order valence-corrected chi connectivity index (χ1v) is 12.1. The van der Waals surface area contributed by atoms with Crippen LogP contribution in [0.15, 0.2) is 22.7 Å². The number of benzene rings is 1. The van der Waals surface area contributed by atoms with Gasteiger partial charge in [-0.3, -0.25) is 4.79 Å². The van der Waals surface area contributed by atoms with Crippen LogP contribution in [-0.4, -0.2) is 25.0 Å². The number of nitrogens with zero attached hydrogens (tertiary/aromatic N) is 1. The lowest BCUT2D eigenvalue weighted by molar-refractivity contribution is 0.0887. The summed E-state index contributed by atoms with van der Waals surface area (Å²) < 4.78 is 9.00. The van der Waals surface area contributed by atoms with Crippen LogP contribution in [0.2, 0.25) is 25.7 Å². The monoisotopic (exact) mass is 381 g/mol. The minimum Gasteiger partial charge on any atom is -0.361 e. The molecule has 1 aromatic heterocycles. The van der Waals surface area contributed by atoms with E-state index in [1.54, 1.807) is 6.92 Å². The zero-order valence-electron chi connectivity index (χ0n) is 14.0. The Balaban J connectivity index is 2.31. The van der Waals surface area contributed by atoms with Gasteiger partial charge in [-0.1, -0.05) is 35.6 Å². The van der Waals surface area contributed by atoms with E-state index in [4.69, 9.17) is 4.74 Å². The highest BCUT2D eigenvalue weighted by Gasteiger charge is 2.16. The van der Waals surface area contributed by atoms with Gasteiger partial charge in [-0.2, -0.15) is 0 Å². The Morgan fingerprint density at radius 3 is 2.59 bits per heavy atom. The number of carbonyl (C=O) groups excluding carboxylic acids is 1. The molecule has 0 amide bonds. The minimum atomic E-state index is -1.08. The largest absolute Gasteiger partial charge is 0.361 e. The number of Topliss-reactive ketones (excluding diaryl/α,β-unsaturated/α-hetero) is 1. The van der Waals surface area contributed by atoms with Crippen LogP contribution in [-0.2, 0) is 11.5 Å². The molecule has 5 heteroatoms. The van der Waals surface area contributed by atoms with Crippen molar-refractivity contribution in [2.45, 2.75) is 46.3 Å². The van der Waals surface area contributed by atoms with E-state index in [2.05, 4.69) is 53.1 Å². The summed E-state index contributed by atoms with van der Waals surface area (Å²) in [6.07, 6.45) is 0. The molecule has 0 aliphatic rings. The van der Waals surface area contributed by atoms with Crippen LogP contribution in [0, 0.1) is 6.92 Å². The van der Waals surface area contributed by atoms with Crippen LogP contribution in [0.25, 0.3) is 10.9 Å². The van der Waals surface area contributed by atoms with Gasteiger partial charge in [-0.25, -0.2) is 0 Å². The summed E-state index contributed by atoms with van der Waals surface area (Å²) in [6.45, 7) is 12.0. The zero-order chi connectivity index (χ0) is 16.5. The molecule has 0 radical (unpaired) electrons. The quantitative estimate of drug-likeness (QED) is 0.389. The highest BCUT2D eigenvalue weighted by Crippen LogP contribution is 2.30. The molecule has 0 aliphatic heterocycles. The van der Waals surface area contributed by atoms with Crippen LogP contribution in [0.3, 0.4) is 0 Å². The van der Waals surface area contributed by atoms with E-state index >= 15 is 0 Å². The smallest absolute Gasteiger partial charge is 0.161 e. The van der Waals surface area contributed by atoms with Gasteiger partial charge in [0.15, 0.2) is 5.78 Å². The van der Waals surface area contributed by atoms with Gasteiger partial charge in [0.2, 0.25) is 0 Å². The fourth-order valence-electron chi connectivity index (χ4n) is 2.46. The summed E-state index contributed by atoms with van der Waals surface area (Å²) >= 11 is 3.58. The van der Waals surface area contributed by atoms with Gasteiger partial charge in [0.1, 0.15) is 6.73 Å². The summed E-state index contributed by atoms with van der Waals surface area (Å²) in [7, 11) is -1.08. The molecule has 2 rings (SSSR count). The minimum absolute atomic E-state index is 0.0824. The van der Waals surface area contributed by atoms with Crippen molar-refractivity contribution in [3.05, 3.63) is 33.9 Å². The maximum Gasteiger partial charge on any atom is 0.161 e. The molecule has 0 saturated heterocycles. The normalized spacial score (nSPS) is 12.1. The van der Waals surface area contributed by atoms with Crippen LogP contribution in [0.4, 0.5) is 0 Å². The number of carbonyl (C=O) groups is 1. The Bertz CT molecular complexity index is 701. The second kappa shape index (κ2) is 6.68. The van der Waals surface area contributed by atoms with Gasteiger partial charge in [-0.15, -0.1) is 0 Å². The molecule has 0 unspecified atom stereocenters. The molecule has 0 N–H and O–H groups in total. The van der Waals surface area contributed by atoms with E-state index in [1.165, 1.54) is 0 Å². The highest BCUT2D eigenvalue weighted by molar-refractivity contribution is 9.10. The first-order valence-electron chi connectivity index (χ1n) is 7.58. The Hall–Kier alpha value is -0.913. The number of ketones is 1. The molecule has 0 bridgehead atoms. The lowest BCUT2D eigenvalue weighted by Gasteiger charge is -2.17. The van der Waals surface area contributed by atoms with Gasteiger partial charge in [0.25, 0.3) is 0 Å². The standard InChI is InChI=1S/C17H24BrNO2Si/c1-12-10-15-16(18)7-6-14(13(2)20)17(15)19(12)11-21-8-9-22(3,4)5/h6-7,10H,8-9,11H2,1-5H3. The molecule has 120 valence electrons. The van der Waals surface area contributed by atoms with Gasteiger partial charge >= 0.3 is 0 Å². The molecule has 2 aromatic rings. The maximum atomic E-state index is 11.9. The van der Waals surface area contributed by atoms with Crippen molar-refractivity contribution in [1.82, 2.24) is 4.57 Å². The van der Waals surface area contributed by atoms with Crippen molar-refractivity contribution in [2.75, 3.05) is 6.61 Å². The summed E-state index contributed by atoms with van der Waals surface area (Å²) in [5.74, 6) is 0.0824. The number of fused-ring (bicyclic) bond motifs is 1. The molecule has 0 saturated carbocycles. The number of aryl methyl sites for hydroxylation is 1. The summed E-state index contributed by atoms with van der Waals surface area (Å²) in [5, 5.41) is 1.07. The second-order valence-corrected chi connectivity index (χ2v) is 13.5. The van der Waals surface area contributed by atoms with E-state index in [-0.39, 0.29) is 5.78 Å². The van der Waals surface area contributed by atoms with Gasteiger partial charge in [0, 0.05) is 35.8 Å². The van der Waals surface area contributed by atoms with E-state index < -0.39 is 8.07 Å². The average Bonchev–Trinajstić information content (AvgIpc) is 2.72. The van der Waals surface area contributed by atoms with Gasteiger partial charge in [0.05, 0.1) is 5.52 Å². The van der Waals surface area contributed by atoms with Crippen LogP contribution in [0.5, 0.6) is 0 Å². The van der Waals surface area contributed by atoms with Crippen molar-refractivity contribution < 1.29 is 9.53 Å². The third-order valence-electron chi connectivity index (χ3n) is 3.81. The lowest BCUT2D eigenvalue weighted by Crippen LogP contribution is -2.22. The molecule has 1 aromatic carbocycles. The Morgan fingerprint density at radius 1 is 1.32 bits per heavy atom. The summed E-state index contributed by atoms with van der Waals surface area (Å²) in [4.78, 5) is 11.9. The topological polar surface area (TPSA) is 31.2 Å². The first kappa shape index (κ1) is 17.4. The van der Waals surface area contributed by atoms with Crippen molar-refractivity contribution >= 4 is 40.7 Å². The third kappa shape index (κ3) is 3.89. The van der Waals surface area contributed by atoms with Crippen LogP contribution in [0.1, 0.15) is 23.0 Å². The SMILES string of the molecule is CC(=O)c1ccc(Br)c2cc(C)n(COCC[Si](C)(C)C)c12. The van der Waals surface area contributed by atoms with Crippen molar-refractivity contribution in [2.24, 2.45) is 0 Å². The number of halogens is 1. The summed E-state index contributed by atoms with van der Waals surface area (Å²) in [6, 6.07) is 7.07. The number of aromatic nitrogens is 1. The fraction of sp³-hybridized carbons (Fsp3) is 0.471. The predicted molar refractivity (Wildman–Crippen MR) is 98.5 cm³/mol. The average molecular weight is 382 g/mol. The molecular formula is C17H24BrNO2Si. The molecule has 0 spiro atoms. The maximum absolute atomic E-state index is 11.9. The Morgan fingerprint density at radius 2 is 2.00 bits per heavy atom. The second-order valence-electron chi connectivity index (χ2n) is 6.98. The van der Waals surface area contributed by atoms with E-state index in [0.717, 1.165) is 39.3 Å². The van der Waals surface area contributed by atoms with Crippen LogP contribution >= 0.6 is 15.9 Å². The number of ether oxygens (including phenoxy) is 1. The Kier molecular flexibility index (Phi) is 5.30. The number of rotatable bonds is 6. The van der Waals surface area contributed by atoms with Gasteiger partial charge in [-0.05, 0) is 38.1 Å². The zero-order valence-corrected chi connectivity index (χ0v) is 16.6. The molecule has 0 fully saturated rings. The number of hydrogen-bond donors (Lipinski definition) is 0. The fourth-order valence-corrected chi connectivity index (χ4v) is 3.65. The molecule has 3 nitrogen and oxygen atoms in total. The summed E-state index contributed by atoms with van der Waals surface area (Å²) in [5.41, 5.74) is 2.82. The van der Waals surface area contributed by atoms with Crippen molar-refractivity contribution in [3.63, 3.8) is 0 Å². The van der Waals surface area contributed by atoms with Crippen molar-refractivity contribution in [3.8, 4) is 0 Å². The molecular weight excluding hydrogens is 358 g/mol. The Labute approximate surface area is 141 Å². The predicted octanol–water partition coefficient (Wildman–Crippen LogP) is 5.23. The molecule has 0 atom stereocenters. The van der Waals surface area contributed by atoms with E-state index in [1.807, 2.05) is 12.1 Å². The van der Waals surface area contributed by atoms with Crippen molar-refractivity contribution in [1.29, 1.82) is 0 Å².